The molecule has 0 saturated carbocycles. The van der Waals surface area contributed by atoms with Crippen molar-refractivity contribution in [3.8, 4) is 11.5 Å². The van der Waals surface area contributed by atoms with E-state index in [0.29, 0.717) is 16.9 Å². The van der Waals surface area contributed by atoms with Crippen LogP contribution in [0.5, 0.6) is 11.5 Å². The molecule has 4 heteroatoms. The molecule has 3 aromatic rings. The van der Waals surface area contributed by atoms with Crippen molar-refractivity contribution in [3.05, 3.63) is 93.0 Å². The lowest BCUT2D eigenvalue weighted by Gasteiger charge is -2.29. The molecule has 0 heterocycles. The Morgan fingerprint density at radius 2 is 1.18 bits per heavy atom. The number of ketones is 1. The lowest BCUT2D eigenvalue weighted by molar-refractivity contribution is 0.0732. The van der Waals surface area contributed by atoms with E-state index in [1.54, 1.807) is 31.4 Å². The van der Waals surface area contributed by atoms with Gasteiger partial charge in [0.1, 0.15) is 11.5 Å². The number of carbonyl (C=O) groups excluding carboxylic acids is 2. The van der Waals surface area contributed by atoms with Crippen LogP contribution >= 0.6 is 0 Å². The van der Waals surface area contributed by atoms with Crippen molar-refractivity contribution in [2.45, 2.75) is 53.9 Å². The minimum atomic E-state index is -0.474. The molecule has 172 valence electrons. The largest absolute Gasteiger partial charge is 0.496 e. The molecule has 0 unspecified atom stereocenters. The van der Waals surface area contributed by atoms with E-state index in [4.69, 9.17) is 9.47 Å². The van der Waals surface area contributed by atoms with Crippen molar-refractivity contribution >= 4 is 11.8 Å². The van der Waals surface area contributed by atoms with Crippen molar-refractivity contribution in [2.24, 2.45) is 0 Å². The van der Waals surface area contributed by atoms with E-state index in [1.807, 2.05) is 13.8 Å². The molecular weight excluding hydrogens is 412 g/mol. The first-order valence-electron chi connectivity index (χ1n) is 11.1. The molecule has 0 aliphatic heterocycles. The zero-order valence-electron chi connectivity index (χ0n) is 20.8. The fourth-order valence-corrected chi connectivity index (χ4v) is 4.29. The summed E-state index contributed by atoms with van der Waals surface area (Å²) in [4.78, 5) is 24.4. The van der Waals surface area contributed by atoms with E-state index in [2.05, 4.69) is 52.0 Å². The van der Waals surface area contributed by atoms with Gasteiger partial charge in [-0.2, -0.15) is 0 Å². The van der Waals surface area contributed by atoms with Gasteiger partial charge in [0.25, 0.3) is 0 Å². The van der Waals surface area contributed by atoms with E-state index in [0.717, 1.165) is 33.6 Å². The molecule has 4 nitrogen and oxygen atoms in total. The average Bonchev–Trinajstić information content (AvgIpc) is 2.75. The maximum Gasteiger partial charge on any atom is 0.343 e. The summed E-state index contributed by atoms with van der Waals surface area (Å²) < 4.78 is 11.3. The third-order valence-corrected chi connectivity index (χ3v) is 6.27. The van der Waals surface area contributed by atoms with Crippen LogP contribution in [0.15, 0.2) is 48.5 Å². The predicted octanol–water partition coefficient (Wildman–Crippen LogP) is 6.68. The first-order chi connectivity index (χ1) is 15.4. The number of methoxy groups -OCH3 is 1. The van der Waals surface area contributed by atoms with Crippen LogP contribution in [0.1, 0.15) is 74.9 Å². The molecule has 3 rings (SSSR count). The number of aryl methyl sites for hydroxylation is 4. The summed E-state index contributed by atoms with van der Waals surface area (Å²) in [6, 6.07) is 15.1. The zero-order chi connectivity index (χ0) is 24.5. The molecule has 0 fully saturated rings. The van der Waals surface area contributed by atoms with Crippen LogP contribution in [-0.4, -0.2) is 18.9 Å². The van der Waals surface area contributed by atoms with Crippen molar-refractivity contribution < 1.29 is 19.1 Å². The molecule has 0 spiro atoms. The standard InChI is InChI=1S/C29H32O4/c1-17-12-24(13-18(2)26(17)32-8)29(6,7)25-14-19(3)27(20(4)15-25)33-28(31)23-11-9-10-22(16-23)21(5)30/h9-16H,1-8H3. The highest BCUT2D eigenvalue weighted by Gasteiger charge is 2.26. The molecular formula is C29H32O4. The second-order valence-electron chi connectivity index (χ2n) is 9.23. The van der Waals surface area contributed by atoms with Crippen LogP contribution in [0, 0.1) is 27.7 Å². The van der Waals surface area contributed by atoms with Crippen LogP contribution in [0.4, 0.5) is 0 Å². The molecule has 0 aliphatic carbocycles. The first-order valence-corrected chi connectivity index (χ1v) is 11.1. The van der Waals surface area contributed by atoms with Crippen LogP contribution < -0.4 is 9.47 Å². The van der Waals surface area contributed by atoms with Crippen LogP contribution in [0.3, 0.4) is 0 Å². The first kappa shape index (κ1) is 24.2. The molecule has 0 aromatic heterocycles. The van der Waals surface area contributed by atoms with Gasteiger partial charge in [-0.15, -0.1) is 0 Å². The number of carbonyl (C=O) groups is 2. The molecule has 0 bridgehead atoms. The van der Waals surface area contributed by atoms with Crippen LogP contribution in [0.25, 0.3) is 0 Å². The van der Waals surface area contributed by atoms with Crippen molar-refractivity contribution in [1.82, 2.24) is 0 Å². The number of benzene rings is 3. The Hall–Kier alpha value is -3.40. The van der Waals surface area contributed by atoms with Crippen LogP contribution in [0.2, 0.25) is 0 Å². The van der Waals surface area contributed by atoms with Crippen molar-refractivity contribution in [1.29, 1.82) is 0 Å². The number of rotatable bonds is 6. The molecule has 0 atom stereocenters. The Labute approximate surface area is 196 Å². The van der Waals surface area contributed by atoms with Crippen molar-refractivity contribution in [2.75, 3.05) is 7.11 Å². The Morgan fingerprint density at radius 3 is 1.64 bits per heavy atom. The average molecular weight is 445 g/mol. The number of Topliss-reactive ketones (excluding diaryl/α,β-unsaturated/α-hetero) is 1. The normalized spacial score (nSPS) is 11.3. The van der Waals surface area contributed by atoms with E-state index in [9.17, 15) is 9.59 Å². The third kappa shape index (κ3) is 4.85. The minimum absolute atomic E-state index is 0.0902. The summed E-state index contributed by atoms with van der Waals surface area (Å²) in [5, 5.41) is 0. The Morgan fingerprint density at radius 1 is 0.727 bits per heavy atom. The van der Waals surface area contributed by atoms with Gasteiger partial charge in [0, 0.05) is 11.0 Å². The van der Waals surface area contributed by atoms with Crippen molar-refractivity contribution in [3.63, 3.8) is 0 Å². The molecule has 0 radical (unpaired) electrons. The van der Waals surface area contributed by atoms with Gasteiger partial charge in [0.05, 0.1) is 12.7 Å². The quantitative estimate of drug-likeness (QED) is 0.242. The maximum absolute atomic E-state index is 12.8. The van der Waals surface area contributed by atoms with Gasteiger partial charge < -0.3 is 9.47 Å². The second kappa shape index (κ2) is 9.22. The lowest BCUT2D eigenvalue weighted by Crippen LogP contribution is -2.20. The Balaban J connectivity index is 1.95. The highest BCUT2D eigenvalue weighted by molar-refractivity contribution is 5.98. The van der Waals surface area contributed by atoms with Gasteiger partial charge in [0.2, 0.25) is 0 Å². The summed E-state index contributed by atoms with van der Waals surface area (Å²) in [7, 11) is 1.70. The summed E-state index contributed by atoms with van der Waals surface area (Å²) in [5.41, 5.74) is 6.90. The number of hydrogen-bond acceptors (Lipinski definition) is 4. The molecule has 0 aliphatic rings. The fourth-order valence-electron chi connectivity index (χ4n) is 4.29. The summed E-state index contributed by atoms with van der Waals surface area (Å²) in [6.45, 7) is 13.9. The Kier molecular flexibility index (Phi) is 6.78. The van der Waals surface area contributed by atoms with Gasteiger partial charge in [-0.25, -0.2) is 4.79 Å². The molecule has 0 amide bonds. The predicted molar refractivity (Wildman–Crippen MR) is 132 cm³/mol. The number of hydrogen-bond donors (Lipinski definition) is 0. The topological polar surface area (TPSA) is 52.6 Å². The third-order valence-electron chi connectivity index (χ3n) is 6.27. The van der Waals surface area contributed by atoms with Gasteiger partial charge >= 0.3 is 5.97 Å². The second-order valence-corrected chi connectivity index (χ2v) is 9.23. The van der Waals surface area contributed by atoms with Gasteiger partial charge in [-0.05, 0) is 80.1 Å². The highest BCUT2D eigenvalue weighted by atomic mass is 16.5. The van der Waals surface area contributed by atoms with Gasteiger partial charge in [-0.1, -0.05) is 50.2 Å². The zero-order valence-corrected chi connectivity index (χ0v) is 20.8. The minimum Gasteiger partial charge on any atom is -0.496 e. The number of ether oxygens (including phenoxy) is 2. The fraction of sp³-hybridized carbons (Fsp3) is 0.310. The SMILES string of the molecule is COc1c(C)cc(C(C)(C)c2cc(C)c(OC(=O)c3cccc(C(C)=O)c3)c(C)c2)cc1C. The molecule has 33 heavy (non-hydrogen) atoms. The van der Waals surface area contributed by atoms with E-state index in [-0.39, 0.29) is 11.2 Å². The van der Waals surface area contributed by atoms with Crippen LogP contribution in [-0.2, 0) is 5.41 Å². The number of esters is 1. The van der Waals surface area contributed by atoms with E-state index in [1.165, 1.54) is 12.5 Å². The maximum atomic E-state index is 12.8. The van der Waals surface area contributed by atoms with E-state index >= 15 is 0 Å². The molecule has 3 aromatic carbocycles. The smallest absolute Gasteiger partial charge is 0.343 e. The molecule has 0 saturated heterocycles. The summed E-state index contributed by atoms with van der Waals surface area (Å²) in [6.07, 6.45) is 0. The highest BCUT2D eigenvalue weighted by Crippen LogP contribution is 2.38. The lowest BCUT2D eigenvalue weighted by atomic mass is 9.76. The Bertz CT molecular complexity index is 1190. The van der Waals surface area contributed by atoms with Gasteiger partial charge in [0.15, 0.2) is 5.78 Å². The molecule has 0 N–H and O–H groups in total. The van der Waals surface area contributed by atoms with E-state index < -0.39 is 5.97 Å². The summed E-state index contributed by atoms with van der Waals surface area (Å²) in [5.74, 6) is 0.901. The monoisotopic (exact) mass is 444 g/mol. The van der Waals surface area contributed by atoms with Gasteiger partial charge in [-0.3, -0.25) is 4.79 Å². The summed E-state index contributed by atoms with van der Waals surface area (Å²) >= 11 is 0.